The molecule has 234 valence electrons. The molecule has 3 aromatic rings. The molecule has 8 nitrogen and oxygen atoms in total. The van der Waals surface area contributed by atoms with E-state index in [0.29, 0.717) is 24.0 Å². The summed E-state index contributed by atoms with van der Waals surface area (Å²) in [7, 11) is -9.15. The molecule has 4 aliphatic heterocycles. The van der Waals surface area contributed by atoms with Crippen LogP contribution >= 0.6 is 0 Å². The smallest absolute Gasteiger partial charge is 0.339 e. The van der Waals surface area contributed by atoms with Gasteiger partial charge in [-0.2, -0.15) is 8.42 Å². The Hall–Kier alpha value is -2.50. The zero-order valence-electron chi connectivity index (χ0n) is 24.6. The van der Waals surface area contributed by atoms with Crippen molar-refractivity contribution in [1.82, 2.24) is 0 Å². The molecule has 6 unspecified atom stereocenters. The highest BCUT2D eigenvalue weighted by atomic mass is 32.2. The Morgan fingerprint density at radius 2 is 1.41 bits per heavy atom. The quantitative estimate of drug-likeness (QED) is 0.230. The molecule has 6 atom stereocenters. The lowest BCUT2D eigenvalue weighted by atomic mass is 9.77. The second-order valence-electron chi connectivity index (χ2n) is 13.3. The molecule has 0 radical (unpaired) electrons. The fraction of sp³-hybridized carbons (Fsp3) is 0.529. The summed E-state index contributed by atoms with van der Waals surface area (Å²) in [6, 6.07) is 12.6. The molecule has 0 saturated carbocycles. The number of benzene rings is 3. The lowest BCUT2D eigenvalue weighted by Gasteiger charge is -2.29. The Morgan fingerprint density at radius 1 is 0.750 bits per heavy atom. The van der Waals surface area contributed by atoms with E-state index in [1.807, 2.05) is 30.3 Å². The Bertz CT molecular complexity index is 1850. The van der Waals surface area contributed by atoms with Gasteiger partial charge in [0.15, 0.2) is 0 Å². The second kappa shape index (κ2) is 10.8. The van der Waals surface area contributed by atoms with Crippen molar-refractivity contribution in [1.29, 1.82) is 0 Å². The lowest BCUT2D eigenvalue weighted by molar-refractivity contribution is 0.0999. The summed E-state index contributed by atoms with van der Waals surface area (Å²) in [6.07, 6.45) is 9.62. The molecule has 10 heteroatoms. The maximum absolute atomic E-state index is 14.9. The second-order valence-corrected chi connectivity index (χ2v) is 16.1. The molecule has 0 N–H and O–H groups in total. The van der Waals surface area contributed by atoms with Crippen LogP contribution in [0.25, 0.3) is 10.8 Å². The molecule has 4 heterocycles. The summed E-state index contributed by atoms with van der Waals surface area (Å²) in [5, 5.41) is 1.89. The average Bonchev–Trinajstić information content (AvgIpc) is 3.79. The van der Waals surface area contributed by atoms with E-state index in [4.69, 9.17) is 13.7 Å². The summed E-state index contributed by atoms with van der Waals surface area (Å²) >= 11 is 0. The predicted molar refractivity (Wildman–Crippen MR) is 163 cm³/mol. The van der Waals surface area contributed by atoms with Crippen LogP contribution in [-0.2, 0) is 42.6 Å². The standard InChI is InChI=1S/C34H38O8S2/c35-43(36,37)32-16-15-31(24-9-3-1-2-4-10-25(24)32)42-44(38,39)34-27(26-18-21-11-13-29(26)40-21)17-20-7-5-6-8-23(20)33(34)28-19-22-12-14-30(28)41-22/h5-8,15-17,21-22,26,28-30H,1-4,9-14,18-19H2,(H,35,36,37)/p-1. The fourth-order valence-electron chi connectivity index (χ4n) is 8.84. The molecule has 8 rings (SSSR count). The van der Waals surface area contributed by atoms with Crippen LogP contribution in [0.3, 0.4) is 0 Å². The van der Waals surface area contributed by atoms with Crippen LogP contribution < -0.4 is 4.18 Å². The van der Waals surface area contributed by atoms with E-state index in [9.17, 15) is 21.4 Å². The SMILES string of the molecule is O=S(=O)([O-])c1ccc(OS(=O)(=O)c2c(C3CC4CCC3O4)cc3ccccc3c2C2CC3CCC2O3)c2c1CCCCCC2. The summed E-state index contributed by atoms with van der Waals surface area (Å²) < 4.78 is 85.0. The molecular formula is C34H37O8S2-. The highest BCUT2D eigenvalue weighted by Crippen LogP contribution is 2.53. The number of rotatable bonds is 6. The van der Waals surface area contributed by atoms with Crippen LogP contribution in [0.15, 0.2) is 52.3 Å². The molecule has 4 bridgehead atoms. The van der Waals surface area contributed by atoms with E-state index in [0.717, 1.165) is 86.1 Å². The molecule has 0 aromatic heterocycles. The molecular weight excluding hydrogens is 601 g/mol. The van der Waals surface area contributed by atoms with Crippen LogP contribution in [0.2, 0.25) is 0 Å². The molecule has 5 aliphatic rings. The van der Waals surface area contributed by atoms with Crippen molar-refractivity contribution in [2.24, 2.45) is 0 Å². The van der Waals surface area contributed by atoms with Gasteiger partial charge in [0, 0.05) is 17.4 Å². The van der Waals surface area contributed by atoms with Crippen molar-refractivity contribution in [3.63, 3.8) is 0 Å². The highest BCUT2D eigenvalue weighted by molar-refractivity contribution is 7.87. The third-order valence-electron chi connectivity index (χ3n) is 10.7. The van der Waals surface area contributed by atoms with Crippen molar-refractivity contribution >= 4 is 31.0 Å². The lowest BCUT2D eigenvalue weighted by Crippen LogP contribution is -2.25. The molecule has 1 aliphatic carbocycles. The minimum atomic E-state index is -4.74. The van der Waals surface area contributed by atoms with Gasteiger partial charge in [0.05, 0.1) is 29.3 Å². The van der Waals surface area contributed by atoms with Crippen LogP contribution in [0.1, 0.15) is 98.3 Å². The molecule has 0 spiro atoms. The first-order valence-electron chi connectivity index (χ1n) is 16.1. The molecule has 4 fully saturated rings. The van der Waals surface area contributed by atoms with Gasteiger partial charge in [-0.3, -0.25) is 0 Å². The van der Waals surface area contributed by atoms with Crippen LogP contribution in [0, 0.1) is 0 Å². The largest absolute Gasteiger partial charge is 0.744 e. The van der Waals surface area contributed by atoms with Gasteiger partial charge in [0.25, 0.3) is 0 Å². The minimum Gasteiger partial charge on any atom is -0.744 e. The normalized spacial score (nSPS) is 29.9. The number of ether oxygens (including phenoxy) is 2. The zero-order valence-corrected chi connectivity index (χ0v) is 26.2. The van der Waals surface area contributed by atoms with Gasteiger partial charge in [-0.05, 0) is 110 Å². The van der Waals surface area contributed by atoms with Crippen LogP contribution in [-0.4, -0.2) is 45.8 Å². The van der Waals surface area contributed by atoms with Gasteiger partial charge in [0.1, 0.15) is 20.8 Å². The van der Waals surface area contributed by atoms with E-state index in [-0.39, 0.29) is 51.8 Å². The van der Waals surface area contributed by atoms with Crippen LogP contribution in [0.4, 0.5) is 0 Å². The van der Waals surface area contributed by atoms with Gasteiger partial charge in [-0.15, -0.1) is 0 Å². The van der Waals surface area contributed by atoms with Crippen molar-refractivity contribution < 1.29 is 35.0 Å². The van der Waals surface area contributed by atoms with Crippen molar-refractivity contribution in [2.45, 2.75) is 123 Å². The maximum Gasteiger partial charge on any atom is 0.339 e. The summed E-state index contributed by atoms with van der Waals surface area (Å²) in [6.45, 7) is 0. The van der Waals surface area contributed by atoms with E-state index in [2.05, 4.69) is 0 Å². The van der Waals surface area contributed by atoms with Crippen molar-refractivity contribution in [2.75, 3.05) is 0 Å². The zero-order chi connectivity index (χ0) is 30.2. The van der Waals surface area contributed by atoms with Crippen LogP contribution in [0.5, 0.6) is 5.75 Å². The number of fused-ring (bicyclic) bond motifs is 6. The Morgan fingerprint density at radius 3 is 2.05 bits per heavy atom. The first kappa shape index (κ1) is 28.9. The number of hydrogen-bond donors (Lipinski definition) is 0. The average molecular weight is 638 g/mol. The maximum atomic E-state index is 14.9. The summed E-state index contributed by atoms with van der Waals surface area (Å²) in [5.74, 6) is -0.0357. The van der Waals surface area contributed by atoms with E-state index >= 15 is 0 Å². The first-order valence-corrected chi connectivity index (χ1v) is 18.9. The van der Waals surface area contributed by atoms with E-state index in [1.165, 1.54) is 12.1 Å². The topological polar surface area (TPSA) is 119 Å². The third-order valence-corrected chi connectivity index (χ3v) is 13.0. The Balaban J connectivity index is 1.33. The van der Waals surface area contributed by atoms with Gasteiger partial charge >= 0.3 is 10.1 Å². The van der Waals surface area contributed by atoms with Crippen molar-refractivity contribution in [3.8, 4) is 5.75 Å². The molecule has 44 heavy (non-hydrogen) atoms. The van der Waals surface area contributed by atoms with Crippen molar-refractivity contribution in [3.05, 3.63) is 64.7 Å². The fourth-order valence-corrected chi connectivity index (χ4v) is 11.1. The highest BCUT2D eigenvalue weighted by Gasteiger charge is 2.48. The van der Waals surface area contributed by atoms with Gasteiger partial charge in [-0.1, -0.05) is 37.1 Å². The van der Waals surface area contributed by atoms with E-state index in [1.54, 1.807) is 0 Å². The van der Waals surface area contributed by atoms with E-state index < -0.39 is 20.2 Å². The van der Waals surface area contributed by atoms with Gasteiger partial charge in [-0.25, -0.2) is 8.42 Å². The number of hydrogen-bond acceptors (Lipinski definition) is 8. The molecule has 0 amide bonds. The Labute approximate surface area is 259 Å². The van der Waals surface area contributed by atoms with Gasteiger partial charge < -0.3 is 18.2 Å². The minimum absolute atomic E-state index is 0.0409. The monoisotopic (exact) mass is 637 g/mol. The summed E-state index contributed by atoms with van der Waals surface area (Å²) in [4.78, 5) is -0.0527. The summed E-state index contributed by atoms with van der Waals surface area (Å²) in [5.41, 5.74) is 2.43. The Kier molecular flexibility index (Phi) is 7.10. The third kappa shape index (κ3) is 4.88. The first-order chi connectivity index (χ1) is 21.2. The predicted octanol–water partition coefficient (Wildman–Crippen LogP) is 6.24. The van der Waals surface area contributed by atoms with Gasteiger partial charge in [0.2, 0.25) is 0 Å². The molecule has 3 aromatic carbocycles. The molecule has 4 saturated heterocycles.